The number of hydrogen-bond acceptors (Lipinski definition) is 4. The highest BCUT2D eigenvalue weighted by atomic mass is 35.6. The molecule has 0 aliphatic rings. The van der Waals surface area contributed by atoms with Crippen molar-refractivity contribution in [2.75, 3.05) is 5.43 Å². The molecule has 1 aromatic rings. The molecule has 0 aliphatic heterocycles. The summed E-state index contributed by atoms with van der Waals surface area (Å²) >= 11 is 22.8. The molecule has 7 nitrogen and oxygen atoms in total. The number of hydrogen-bond donors (Lipinski definition) is 3. The molecule has 23 heavy (non-hydrogen) atoms. The molecule has 0 saturated heterocycles. The molecule has 1 aromatic heterocycles. The molecule has 0 aliphatic carbocycles. The summed E-state index contributed by atoms with van der Waals surface area (Å²) in [5, 5.41) is 12.8. The molecular weight excluding hydrogens is 383 g/mol. The predicted molar refractivity (Wildman–Crippen MR) is 96.1 cm³/mol. The van der Waals surface area contributed by atoms with E-state index in [1.165, 1.54) is 17.3 Å². The van der Waals surface area contributed by atoms with Gasteiger partial charge in [0.2, 0.25) is 9.70 Å². The summed E-state index contributed by atoms with van der Waals surface area (Å²) in [5.41, 5.74) is 2.74. The molecule has 1 amide bonds. The van der Waals surface area contributed by atoms with E-state index in [9.17, 15) is 4.79 Å². The molecule has 1 rings (SSSR count). The van der Waals surface area contributed by atoms with E-state index < -0.39 is 9.96 Å². The highest BCUT2D eigenvalue weighted by Crippen LogP contribution is 2.29. The van der Waals surface area contributed by atoms with Crippen LogP contribution in [-0.4, -0.2) is 35.9 Å². The van der Waals surface area contributed by atoms with E-state index >= 15 is 0 Å². The van der Waals surface area contributed by atoms with Crippen LogP contribution >= 0.6 is 47.0 Å². The van der Waals surface area contributed by atoms with Gasteiger partial charge in [-0.1, -0.05) is 61.0 Å². The fourth-order valence-electron chi connectivity index (χ4n) is 1.68. The van der Waals surface area contributed by atoms with Gasteiger partial charge in [-0.3, -0.25) is 10.2 Å². The molecule has 130 valence electrons. The Bertz CT molecular complexity index is 493. The van der Waals surface area contributed by atoms with Crippen molar-refractivity contribution < 1.29 is 4.79 Å². The van der Waals surface area contributed by atoms with Crippen LogP contribution in [0, 0.1) is 0 Å². The summed E-state index contributed by atoms with van der Waals surface area (Å²) in [6.07, 6.45) is 6.18. The third kappa shape index (κ3) is 8.55. The van der Waals surface area contributed by atoms with Crippen molar-refractivity contribution in [2.45, 2.75) is 49.0 Å². The second-order valence-electron chi connectivity index (χ2n) is 4.81. The van der Waals surface area contributed by atoms with Crippen molar-refractivity contribution in [3.8, 4) is 0 Å². The van der Waals surface area contributed by atoms with Gasteiger partial charge in [0, 0.05) is 6.42 Å². The fourth-order valence-corrected chi connectivity index (χ4v) is 2.23. The van der Waals surface area contributed by atoms with Crippen molar-refractivity contribution in [3.05, 3.63) is 12.7 Å². The van der Waals surface area contributed by atoms with Crippen LogP contribution < -0.4 is 16.1 Å². The first kappa shape index (κ1) is 20.2. The summed E-state index contributed by atoms with van der Waals surface area (Å²) in [5.74, 6) is -0.211. The summed E-state index contributed by atoms with van der Waals surface area (Å²) in [6, 6.07) is 0. The van der Waals surface area contributed by atoms with Gasteiger partial charge in [0.05, 0.1) is 0 Å². The van der Waals surface area contributed by atoms with Crippen LogP contribution in [0.3, 0.4) is 0 Å². The Kier molecular flexibility index (Phi) is 8.90. The average Bonchev–Trinajstić information content (AvgIpc) is 2.94. The van der Waals surface area contributed by atoms with Crippen molar-refractivity contribution in [1.29, 1.82) is 0 Å². The molecule has 0 radical (unpaired) electrons. The first-order valence-corrected chi connectivity index (χ1v) is 8.65. The number of carbonyl (C=O) groups is 1. The maximum Gasteiger partial charge on any atom is 0.228 e. The van der Waals surface area contributed by atoms with Gasteiger partial charge in [-0.25, -0.2) is 4.68 Å². The lowest BCUT2D eigenvalue weighted by atomic mass is 10.1. The van der Waals surface area contributed by atoms with E-state index in [1.54, 1.807) is 0 Å². The number of thiocarbonyl (C=S) groups is 1. The van der Waals surface area contributed by atoms with Crippen LogP contribution in [0.25, 0.3) is 0 Å². The van der Waals surface area contributed by atoms with Crippen molar-refractivity contribution in [2.24, 2.45) is 0 Å². The van der Waals surface area contributed by atoms with Crippen molar-refractivity contribution in [3.63, 3.8) is 0 Å². The van der Waals surface area contributed by atoms with E-state index in [0.717, 1.165) is 25.7 Å². The lowest BCUT2D eigenvalue weighted by molar-refractivity contribution is -0.122. The van der Waals surface area contributed by atoms with Crippen molar-refractivity contribution in [1.82, 2.24) is 25.5 Å². The monoisotopic (exact) mass is 400 g/mol. The molecule has 3 N–H and O–H groups in total. The van der Waals surface area contributed by atoms with Crippen LogP contribution in [0.4, 0.5) is 0 Å². The third-order valence-electron chi connectivity index (χ3n) is 2.81. The fraction of sp³-hybridized carbons (Fsp3) is 0.667. The van der Waals surface area contributed by atoms with Crippen LogP contribution in [-0.2, 0) is 4.79 Å². The number of aromatic nitrogens is 3. The van der Waals surface area contributed by atoms with Gasteiger partial charge >= 0.3 is 0 Å². The van der Waals surface area contributed by atoms with E-state index in [1.807, 2.05) is 0 Å². The highest BCUT2D eigenvalue weighted by molar-refractivity contribution is 7.80. The van der Waals surface area contributed by atoms with Gasteiger partial charge in [-0.2, -0.15) is 0 Å². The average molecular weight is 402 g/mol. The minimum absolute atomic E-state index is 0.146. The molecule has 1 heterocycles. The van der Waals surface area contributed by atoms with E-state index in [0.29, 0.717) is 6.42 Å². The quantitative estimate of drug-likeness (QED) is 0.269. The zero-order valence-electron chi connectivity index (χ0n) is 12.6. The molecule has 0 saturated carbocycles. The van der Waals surface area contributed by atoms with Gasteiger partial charge < -0.3 is 10.6 Å². The second kappa shape index (κ2) is 10.1. The van der Waals surface area contributed by atoms with E-state index in [-0.39, 0.29) is 11.0 Å². The first-order valence-electron chi connectivity index (χ1n) is 7.11. The molecule has 0 unspecified atom stereocenters. The number of carbonyl (C=O) groups excluding carboxylic acids is 1. The Hall–Kier alpha value is -0.830. The van der Waals surface area contributed by atoms with Gasteiger partial charge in [-0.05, 0) is 18.6 Å². The third-order valence-corrected chi connectivity index (χ3v) is 3.68. The molecule has 11 heteroatoms. The Morgan fingerprint density at radius 1 is 1.22 bits per heavy atom. The van der Waals surface area contributed by atoms with Gasteiger partial charge in [-0.15, -0.1) is 10.2 Å². The zero-order valence-corrected chi connectivity index (χ0v) is 15.6. The summed E-state index contributed by atoms with van der Waals surface area (Å²) in [7, 11) is 0. The highest BCUT2D eigenvalue weighted by Gasteiger charge is 2.34. The Morgan fingerprint density at radius 3 is 2.43 bits per heavy atom. The van der Waals surface area contributed by atoms with E-state index in [2.05, 4.69) is 33.2 Å². The number of rotatable bonds is 8. The normalized spacial score (nSPS) is 12.5. The van der Waals surface area contributed by atoms with Crippen LogP contribution in [0.15, 0.2) is 12.7 Å². The Morgan fingerprint density at radius 2 is 1.87 bits per heavy atom. The zero-order chi connectivity index (χ0) is 17.3. The van der Waals surface area contributed by atoms with Crippen LogP contribution in [0.5, 0.6) is 0 Å². The van der Waals surface area contributed by atoms with Gasteiger partial charge in [0.1, 0.15) is 18.8 Å². The van der Waals surface area contributed by atoms with Crippen LogP contribution in [0.1, 0.15) is 39.0 Å². The number of amides is 1. The largest absolute Gasteiger partial charge is 0.338 e. The Balaban J connectivity index is 2.49. The Labute approximate surface area is 155 Å². The molecule has 1 atom stereocenters. The number of nitrogens with one attached hydrogen (secondary N) is 3. The minimum Gasteiger partial charge on any atom is -0.338 e. The molecule has 0 fully saturated rings. The smallest absolute Gasteiger partial charge is 0.228 e. The summed E-state index contributed by atoms with van der Waals surface area (Å²) < 4.78 is -0.352. The maximum atomic E-state index is 11.9. The SMILES string of the molecule is CCCCCCC(=O)N[C@H](NC(=S)Nn1cnnc1)C(Cl)(Cl)Cl. The number of unbranched alkanes of at least 4 members (excludes halogenated alkanes) is 3. The summed E-state index contributed by atoms with van der Waals surface area (Å²) in [4.78, 5) is 11.9. The molecule has 0 bridgehead atoms. The van der Waals surface area contributed by atoms with Crippen LogP contribution in [0.2, 0.25) is 0 Å². The lowest BCUT2D eigenvalue weighted by Gasteiger charge is -2.27. The maximum absolute atomic E-state index is 11.9. The van der Waals surface area contributed by atoms with Gasteiger partial charge in [0.15, 0.2) is 5.11 Å². The van der Waals surface area contributed by atoms with Gasteiger partial charge in [0.25, 0.3) is 0 Å². The molecule has 0 aromatic carbocycles. The van der Waals surface area contributed by atoms with E-state index in [4.69, 9.17) is 47.0 Å². The molecule has 0 spiro atoms. The predicted octanol–water partition coefficient (Wildman–Crippen LogP) is 2.48. The van der Waals surface area contributed by atoms with Crippen molar-refractivity contribution >= 4 is 58.0 Å². The second-order valence-corrected chi connectivity index (χ2v) is 7.58. The molecular formula is C12H19Cl3N6OS. The number of halogens is 3. The summed E-state index contributed by atoms with van der Waals surface area (Å²) in [6.45, 7) is 2.10. The number of nitrogens with zero attached hydrogens (tertiary/aromatic N) is 3. The standard InChI is InChI=1S/C12H19Cl3N6OS/c1-2-3-4-5-6-9(22)18-10(12(13,14)15)19-11(23)20-21-7-16-17-8-21/h7-8,10H,2-6H2,1H3,(H,18,22)(H2,19,20,23)/t10-/m1/s1. The number of alkyl halides is 3. The minimum atomic E-state index is -1.77. The topological polar surface area (TPSA) is 83.9 Å². The lowest BCUT2D eigenvalue weighted by Crippen LogP contribution is -2.56. The first-order chi connectivity index (χ1) is 10.8.